The summed E-state index contributed by atoms with van der Waals surface area (Å²) in [7, 11) is 3.04. The van der Waals surface area contributed by atoms with Crippen LogP contribution in [0.3, 0.4) is 0 Å². The summed E-state index contributed by atoms with van der Waals surface area (Å²) < 4.78 is 46.2. The summed E-state index contributed by atoms with van der Waals surface area (Å²) in [5.41, 5.74) is 1.68. The fourth-order valence-corrected chi connectivity index (χ4v) is 4.79. The van der Waals surface area contributed by atoms with Gasteiger partial charge < -0.3 is 19.4 Å². The Morgan fingerprint density at radius 2 is 1.82 bits per heavy atom. The van der Waals surface area contributed by atoms with E-state index in [1.165, 1.54) is 25.1 Å². The van der Waals surface area contributed by atoms with Gasteiger partial charge in [-0.1, -0.05) is 24.3 Å². The van der Waals surface area contributed by atoms with Gasteiger partial charge in [0.15, 0.2) is 11.5 Å². The number of aryl methyl sites for hydroxylation is 1. The van der Waals surface area contributed by atoms with Crippen molar-refractivity contribution in [1.82, 2.24) is 34.5 Å². The average Bonchev–Trinajstić information content (AvgIpc) is 3.55. The lowest BCUT2D eigenvalue weighted by Gasteiger charge is -2.23. The van der Waals surface area contributed by atoms with E-state index in [4.69, 9.17) is 9.72 Å². The van der Waals surface area contributed by atoms with Gasteiger partial charge in [-0.25, -0.2) is 24.9 Å². The number of hydrogen-bond donors (Lipinski definition) is 2. The molecule has 0 radical (unpaired) electrons. The third kappa shape index (κ3) is 4.30. The van der Waals surface area contributed by atoms with Crippen molar-refractivity contribution in [2.45, 2.75) is 37.5 Å². The van der Waals surface area contributed by atoms with Crippen molar-refractivity contribution in [2.75, 3.05) is 7.11 Å². The van der Waals surface area contributed by atoms with E-state index < -0.39 is 17.5 Å². The molecule has 1 aromatic carbocycles. The number of imidazole rings is 1. The Balaban J connectivity index is 1.39. The Bertz CT molecular complexity index is 1690. The molecule has 0 spiro atoms. The molecule has 1 unspecified atom stereocenters. The van der Waals surface area contributed by atoms with Crippen LogP contribution in [0.25, 0.3) is 33.8 Å². The predicted octanol–water partition coefficient (Wildman–Crippen LogP) is 4.98. The minimum absolute atomic E-state index is 0.170. The lowest BCUT2D eigenvalue weighted by molar-refractivity contribution is -0.140. The second kappa shape index (κ2) is 8.87. The summed E-state index contributed by atoms with van der Waals surface area (Å²) in [4.78, 5) is 24.9. The maximum absolute atomic E-state index is 13.1. The minimum atomic E-state index is -4.54. The zero-order chi connectivity index (χ0) is 27.5. The Morgan fingerprint density at radius 3 is 2.46 bits per heavy atom. The van der Waals surface area contributed by atoms with Crippen LogP contribution in [0, 0.1) is 0 Å². The topological polar surface area (TPSA) is 115 Å². The van der Waals surface area contributed by atoms with E-state index in [0.29, 0.717) is 50.9 Å². The number of methoxy groups -OCH3 is 1. The quantitative estimate of drug-likeness (QED) is 0.315. The first-order valence-corrected chi connectivity index (χ1v) is 12.3. The SMILES string of the molecule is COc1ncnc(C2CC2)c1-c1ncc2[nH]cc(C(C)(O)c3ccc(-c4nc(C(F)(F)F)cn4C)cc3)c2n1. The predicted molar refractivity (Wildman–Crippen MR) is 136 cm³/mol. The van der Waals surface area contributed by atoms with Crippen molar-refractivity contribution in [1.29, 1.82) is 0 Å². The molecule has 9 nitrogen and oxygen atoms in total. The monoisotopic (exact) mass is 535 g/mol. The smallest absolute Gasteiger partial charge is 0.434 e. The normalized spacial score (nSPS) is 15.5. The molecule has 2 N–H and O–H groups in total. The van der Waals surface area contributed by atoms with Gasteiger partial charge in [0.05, 0.1) is 30.0 Å². The first-order chi connectivity index (χ1) is 18.6. The Hall–Kier alpha value is -4.32. The second-order valence-electron chi connectivity index (χ2n) is 9.78. The minimum Gasteiger partial charge on any atom is -0.480 e. The number of H-pyrrole nitrogens is 1. The van der Waals surface area contributed by atoms with Gasteiger partial charge in [-0.2, -0.15) is 13.2 Å². The summed E-state index contributed by atoms with van der Waals surface area (Å²) in [5.74, 6) is 1.25. The highest BCUT2D eigenvalue weighted by Gasteiger charge is 2.35. The largest absolute Gasteiger partial charge is 0.480 e. The van der Waals surface area contributed by atoms with Crippen LogP contribution < -0.4 is 4.74 Å². The van der Waals surface area contributed by atoms with Gasteiger partial charge in [-0.3, -0.25) is 0 Å². The van der Waals surface area contributed by atoms with Crippen LogP contribution in [0.2, 0.25) is 0 Å². The molecule has 0 saturated heterocycles. The molecule has 0 bridgehead atoms. The van der Waals surface area contributed by atoms with Crippen molar-refractivity contribution >= 4 is 11.0 Å². The number of aromatic amines is 1. The number of ether oxygens (including phenoxy) is 1. The fourth-order valence-electron chi connectivity index (χ4n) is 4.79. The molecular weight excluding hydrogens is 511 g/mol. The molecule has 1 saturated carbocycles. The number of benzene rings is 1. The molecule has 1 aliphatic rings. The van der Waals surface area contributed by atoms with Gasteiger partial charge in [0, 0.05) is 36.5 Å². The van der Waals surface area contributed by atoms with Gasteiger partial charge in [0.25, 0.3) is 0 Å². The number of fused-ring (bicyclic) bond motifs is 1. The van der Waals surface area contributed by atoms with Gasteiger partial charge in [0.1, 0.15) is 23.3 Å². The van der Waals surface area contributed by atoms with E-state index in [1.807, 2.05) is 0 Å². The van der Waals surface area contributed by atoms with Crippen LogP contribution in [-0.2, 0) is 18.8 Å². The molecule has 0 amide bonds. The average molecular weight is 536 g/mol. The van der Waals surface area contributed by atoms with E-state index in [0.717, 1.165) is 24.7 Å². The van der Waals surface area contributed by atoms with Crippen LogP contribution in [0.4, 0.5) is 13.2 Å². The third-order valence-electron chi connectivity index (χ3n) is 7.04. The van der Waals surface area contributed by atoms with Crippen LogP contribution in [0.15, 0.2) is 49.2 Å². The van der Waals surface area contributed by atoms with Gasteiger partial charge in [0.2, 0.25) is 5.88 Å². The summed E-state index contributed by atoms with van der Waals surface area (Å²) in [6, 6.07) is 6.60. The molecule has 12 heteroatoms. The number of alkyl halides is 3. The van der Waals surface area contributed by atoms with Gasteiger partial charge >= 0.3 is 6.18 Å². The highest BCUT2D eigenvalue weighted by atomic mass is 19.4. The van der Waals surface area contributed by atoms with Crippen molar-refractivity contribution in [3.8, 4) is 28.7 Å². The lowest BCUT2D eigenvalue weighted by atomic mass is 9.88. The summed E-state index contributed by atoms with van der Waals surface area (Å²) in [5, 5.41) is 11.7. The summed E-state index contributed by atoms with van der Waals surface area (Å²) in [6.45, 7) is 1.64. The first-order valence-electron chi connectivity index (χ1n) is 12.3. The van der Waals surface area contributed by atoms with Crippen molar-refractivity contribution in [3.63, 3.8) is 0 Å². The molecule has 4 heterocycles. The van der Waals surface area contributed by atoms with Crippen LogP contribution >= 0.6 is 0 Å². The zero-order valence-electron chi connectivity index (χ0n) is 21.3. The molecule has 0 aliphatic heterocycles. The lowest BCUT2D eigenvalue weighted by Crippen LogP contribution is -2.22. The fraction of sp³-hybridized carbons (Fsp3) is 0.296. The maximum atomic E-state index is 13.1. The van der Waals surface area contributed by atoms with Gasteiger partial charge in [-0.15, -0.1) is 0 Å². The van der Waals surface area contributed by atoms with Crippen LogP contribution in [0.5, 0.6) is 5.88 Å². The number of aliphatic hydroxyl groups is 1. The maximum Gasteiger partial charge on any atom is 0.434 e. The molecule has 1 atom stereocenters. The Kier molecular flexibility index (Phi) is 5.68. The van der Waals surface area contributed by atoms with Gasteiger partial charge in [-0.05, 0) is 25.3 Å². The Morgan fingerprint density at radius 1 is 1.08 bits per heavy atom. The second-order valence-corrected chi connectivity index (χ2v) is 9.78. The molecule has 200 valence electrons. The van der Waals surface area contributed by atoms with Crippen LogP contribution in [0.1, 0.15) is 48.2 Å². The van der Waals surface area contributed by atoms with Crippen molar-refractivity contribution < 1.29 is 23.0 Å². The number of nitrogens with zero attached hydrogens (tertiary/aromatic N) is 6. The molecule has 39 heavy (non-hydrogen) atoms. The molecular formula is C27H24F3N7O2. The number of rotatable bonds is 6. The number of nitrogens with one attached hydrogen (secondary N) is 1. The van der Waals surface area contributed by atoms with Crippen molar-refractivity contribution in [2.24, 2.45) is 7.05 Å². The first kappa shape index (κ1) is 25.0. The summed E-state index contributed by atoms with van der Waals surface area (Å²) in [6.07, 6.45) is 3.24. The number of hydrogen-bond acceptors (Lipinski definition) is 7. The molecule has 1 fully saturated rings. The van der Waals surface area contributed by atoms with E-state index in [1.54, 1.807) is 43.6 Å². The number of halogens is 3. The van der Waals surface area contributed by atoms with E-state index in [9.17, 15) is 18.3 Å². The van der Waals surface area contributed by atoms with Crippen LogP contribution in [-0.4, -0.2) is 46.7 Å². The molecule has 4 aromatic heterocycles. The highest BCUT2D eigenvalue weighted by Crippen LogP contribution is 2.45. The van der Waals surface area contributed by atoms with E-state index in [2.05, 4.69) is 24.9 Å². The number of aromatic nitrogens is 7. The molecule has 5 aromatic rings. The third-order valence-corrected chi connectivity index (χ3v) is 7.04. The molecule has 1 aliphatic carbocycles. The standard InChI is InChI=1S/C27H24F3N7O2/c1-26(38,16-8-6-15(7-9-16)24-35-19(12-37(24)2)27(28,29)30)17-10-31-18-11-32-23(36-22(17)18)20-21(14-4-5-14)33-13-34-25(20)39-3/h6-14,31,38H,4-5H2,1-3H3. The van der Waals surface area contributed by atoms with Crippen molar-refractivity contribution in [3.05, 3.63) is 71.7 Å². The van der Waals surface area contributed by atoms with E-state index >= 15 is 0 Å². The van der Waals surface area contributed by atoms with E-state index in [-0.39, 0.29) is 5.82 Å². The summed E-state index contributed by atoms with van der Waals surface area (Å²) >= 11 is 0. The molecule has 6 rings (SSSR count). The highest BCUT2D eigenvalue weighted by molar-refractivity contribution is 5.82. The zero-order valence-corrected chi connectivity index (χ0v) is 21.3. The Labute approximate surface area is 220 Å².